The standard InChI is InChI=1S/C15H19F3N2O/c1-2-10-9-20(7-6-19-10)13-4-3-12(15(16,17)18)11-5-8-21-14(11)13/h3-4,10,19H,2,5-9H2,1H3/t10-/m0/s1. The molecule has 1 atom stereocenters. The van der Waals surface area contributed by atoms with Crippen LogP contribution in [0, 0.1) is 0 Å². The van der Waals surface area contributed by atoms with Crippen molar-refractivity contribution in [2.75, 3.05) is 31.1 Å². The van der Waals surface area contributed by atoms with Gasteiger partial charge >= 0.3 is 6.18 Å². The van der Waals surface area contributed by atoms with E-state index >= 15 is 0 Å². The van der Waals surface area contributed by atoms with Gasteiger partial charge in [-0.15, -0.1) is 0 Å². The molecule has 0 bridgehead atoms. The van der Waals surface area contributed by atoms with Crippen molar-refractivity contribution in [3.05, 3.63) is 23.3 Å². The molecule has 1 aromatic rings. The summed E-state index contributed by atoms with van der Waals surface area (Å²) in [6.45, 7) is 4.87. The van der Waals surface area contributed by atoms with Crippen LogP contribution in [-0.4, -0.2) is 32.3 Å². The molecule has 0 unspecified atom stereocenters. The van der Waals surface area contributed by atoms with Gasteiger partial charge in [0.2, 0.25) is 0 Å². The number of piperazine rings is 1. The van der Waals surface area contributed by atoms with E-state index in [0.717, 1.165) is 31.7 Å². The number of ether oxygens (including phenoxy) is 1. The third kappa shape index (κ3) is 2.69. The van der Waals surface area contributed by atoms with Crippen LogP contribution in [-0.2, 0) is 12.6 Å². The molecule has 1 saturated heterocycles. The summed E-state index contributed by atoms with van der Waals surface area (Å²) in [5, 5.41) is 3.41. The SMILES string of the molecule is CC[C@H]1CN(c2ccc(C(F)(F)F)c3c2OCC3)CCN1. The Bertz CT molecular complexity index is 530. The second-order valence-corrected chi connectivity index (χ2v) is 5.54. The van der Waals surface area contributed by atoms with Gasteiger partial charge in [0.25, 0.3) is 0 Å². The Labute approximate surface area is 122 Å². The number of anilines is 1. The maximum Gasteiger partial charge on any atom is 0.416 e. The molecule has 0 saturated carbocycles. The van der Waals surface area contributed by atoms with Gasteiger partial charge in [-0.05, 0) is 18.6 Å². The molecule has 1 aromatic carbocycles. The number of fused-ring (bicyclic) bond motifs is 1. The monoisotopic (exact) mass is 300 g/mol. The van der Waals surface area contributed by atoms with Gasteiger partial charge in [0.1, 0.15) is 5.75 Å². The van der Waals surface area contributed by atoms with Gasteiger partial charge in [0.15, 0.2) is 0 Å². The third-order valence-corrected chi connectivity index (χ3v) is 4.23. The maximum absolute atomic E-state index is 13.1. The fraction of sp³-hybridized carbons (Fsp3) is 0.600. The predicted molar refractivity (Wildman–Crippen MR) is 74.9 cm³/mol. The average Bonchev–Trinajstić information content (AvgIpc) is 2.94. The van der Waals surface area contributed by atoms with E-state index in [9.17, 15) is 13.2 Å². The van der Waals surface area contributed by atoms with Crippen molar-refractivity contribution in [3.8, 4) is 5.75 Å². The zero-order valence-electron chi connectivity index (χ0n) is 12.0. The van der Waals surface area contributed by atoms with E-state index in [1.807, 2.05) is 0 Å². The predicted octanol–water partition coefficient (Wildman–Crippen LogP) is 2.83. The zero-order valence-corrected chi connectivity index (χ0v) is 12.0. The number of hydrogen-bond acceptors (Lipinski definition) is 3. The Morgan fingerprint density at radius 2 is 2.19 bits per heavy atom. The van der Waals surface area contributed by atoms with Gasteiger partial charge < -0.3 is 15.0 Å². The molecule has 1 fully saturated rings. The van der Waals surface area contributed by atoms with Gasteiger partial charge in [-0.25, -0.2) is 0 Å². The summed E-state index contributed by atoms with van der Waals surface area (Å²) < 4.78 is 44.7. The summed E-state index contributed by atoms with van der Waals surface area (Å²) >= 11 is 0. The topological polar surface area (TPSA) is 24.5 Å². The van der Waals surface area contributed by atoms with Crippen molar-refractivity contribution in [3.63, 3.8) is 0 Å². The van der Waals surface area contributed by atoms with E-state index < -0.39 is 11.7 Å². The molecule has 2 heterocycles. The maximum atomic E-state index is 13.1. The van der Waals surface area contributed by atoms with Crippen LogP contribution >= 0.6 is 0 Å². The normalized spacial score (nSPS) is 22.1. The third-order valence-electron chi connectivity index (χ3n) is 4.23. The molecule has 0 spiro atoms. The Balaban J connectivity index is 1.96. The Hall–Kier alpha value is -1.43. The molecular weight excluding hydrogens is 281 g/mol. The highest BCUT2D eigenvalue weighted by molar-refractivity contribution is 5.66. The fourth-order valence-electron chi connectivity index (χ4n) is 3.11. The molecule has 6 heteroatoms. The lowest BCUT2D eigenvalue weighted by Gasteiger charge is -2.35. The molecule has 21 heavy (non-hydrogen) atoms. The van der Waals surface area contributed by atoms with E-state index in [-0.39, 0.29) is 0 Å². The van der Waals surface area contributed by atoms with Crippen LogP contribution in [0.2, 0.25) is 0 Å². The number of hydrogen-bond donors (Lipinski definition) is 1. The highest BCUT2D eigenvalue weighted by Gasteiger charge is 2.37. The van der Waals surface area contributed by atoms with E-state index in [4.69, 9.17) is 4.74 Å². The second-order valence-electron chi connectivity index (χ2n) is 5.54. The summed E-state index contributed by atoms with van der Waals surface area (Å²) in [6, 6.07) is 3.13. The van der Waals surface area contributed by atoms with Crippen LogP contribution in [0.15, 0.2) is 12.1 Å². The number of halogens is 3. The number of rotatable bonds is 2. The second kappa shape index (κ2) is 5.40. The van der Waals surface area contributed by atoms with E-state index in [0.29, 0.717) is 30.4 Å². The van der Waals surface area contributed by atoms with Gasteiger partial charge in [0, 0.05) is 37.7 Å². The first-order valence-electron chi connectivity index (χ1n) is 7.35. The Kier molecular flexibility index (Phi) is 3.73. The smallest absolute Gasteiger partial charge is 0.416 e. The van der Waals surface area contributed by atoms with Crippen LogP contribution in [0.3, 0.4) is 0 Å². The Morgan fingerprint density at radius 3 is 2.90 bits per heavy atom. The van der Waals surface area contributed by atoms with Crippen LogP contribution in [0.4, 0.5) is 18.9 Å². The first-order valence-corrected chi connectivity index (χ1v) is 7.35. The van der Waals surface area contributed by atoms with E-state index in [2.05, 4.69) is 17.1 Å². The molecule has 3 nitrogen and oxygen atoms in total. The minimum absolute atomic E-state index is 0.312. The first kappa shape index (κ1) is 14.5. The highest BCUT2D eigenvalue weighted by Crippen LogP contribution is 2.44. The molecule has 0 radical (unpaired) electrons. The minimum Gasteiger partial charge on any atom is -0.491 e. The molecule has 1 N–H and O–H groups in total. The zero-order chi connectivity index (χ0) is 15.0. The van der Waals surface area contributed by atoms with Crippen LogP contribution in [0.25, 0.3) is 0 Å². The summed E-state index contributed by atoms with van der Waals surface area (Å²) in [6.07, 6.45) is -2.98. The fourth-order valence-corrected chi connectivity index (χ4v) is 3.11. The van der Waals surface area contributed by atoms with Crippen molar-refractivity contribution in [2.24, 2.45) is 0 Å². The van der Waals surface area contributed by atoms with E-state index in [1.54, 1.807) is 6.07 Å². The van der Waals surface area contributed by atoms with Crippen LogP contribution in [0.1, 0.15) is 24.5 Å². The molecule has 2 aliphatic rings. The number of benzene rings is 1. The van der Waals surface area contributed by atoms with Crippen molar-refractivity contribution in [1.29, 1.82) is 0 Å². The quantitative estimate of drug-likeness (QED) is 0.909. The largest absolute Gasteiger partial charge is 0.491 e. The van der Waals surface area contributed by atoms with Gasteiger partial charge in [-0.3, -0.25) is 0 Å². The van der Waals surface area contributed by atoms with Crippen LogP contribution < -0.4 is 15.0 Å². The highest BCUT2D eigenvalue weighted by atomic mass is 19.4. The van der Waals surface area contributed by atoms with Gasteiger partial charge in [-0.2, -0.15) is 13.2 Å². The Morgan fingerprint density at radius 1 is 1.38 bits per heavy atom. The molecular formula is C15H19F3N2O. The molecule has 0 aromatic heterocycles. The van der Waals surface area contributed by atoms with Crippen molar-refractivity contribution >= 4 is 5.69 Å². The summed E-state index contributed by atoms with van der Waals surface area (Å²) in [7, 11) is 0. The molecule has 2 aliphatic heterocycles. The van der Waals surface area contributed by atoms with Crippen molar-refractivity contribution < 1.29 is 17.9 Å². The number of nitrogens with one attached hydrogen (secondary N) is 1. The average molecular weight is 300 g/mol. The van der Waals surface area contributed by atoms with Crippen molar-refractivity contribution in [1.82, 2.24) is 5.32 Å². The van der Waals surface area contributed by atoms with Gasteiger partial charge in [0.05, 0.1) is 17.9 Å². The van der Waals surface area contributed by atoms with Gasteiger partial charge in [-0.1, -0.05) is 6.92 Å². The summed E-state index contributed by atoms with van der Waals surface area (Å²) in [5.41, 5.74) is 0.558. The lowest BCUT2D eigenvalue weighted by atomic mass is 10.0. The minimum atomic E-state index is -4.31. The lowest BCUT2D eigenvalue weighted by Crippen LogP contribution is -2.50. The van der Waals surface area contributed by atoms with E-state index in [1.165, 1.54) is 6.07 Å². The summed E-state index contributed by atoms with van der Waals surface area (Å²) in [5.74, 6) is 0.432. The summed E-state index contributed by atoms with van der Waals surface area (Å²) in [4.78, 5) is 2.13. The number of alkyl halides is 3. The first-order chi connectivity index (χ1) is 10.0. The molecule has 116 valence electrons. The molecule has 0 amide bonds. The lowest BCUT2D eigenvalue weighted by molar-refractivity contribution is -0.138. The van der Waals surface area contributed by atoms with Crippen LogP contribution in [0.5, 0.6) is 5.75 Å². The molecule has 0 aliphatic carbocycles. The molecule has 3 rings (SSSR count). The number of nitrogens with zero attached hydrogens (tertiary/aromatic N) is 1. The van der Waals surface area contributed by atoms with Crippen molar-refractivity contribution in [2.45, 2.75) is 32.0 Å².